The van der Waals surface area contributed by atoms with Gasteiger partial charge in [0.2, 0.25) is 0 Å². The van der Waals surface area contributed by atoms with Crippen molar-refractivity contribution in [3.63, 3.8) is 0 Å². The van der Waals surface area contributed by atoms with Crippen molar-refractivity contribution in [3.8, 4) is 0 Å². The van der Waals surface area contributed by atoms with E-state index in [9.17, 15) is 4.79 Å². The molecule has 0 aliphatic heterocycles. The number of unbranched alkanes of at least 4 members (excludes halogenated alkanes) is 2. The number of thioether (sulfide) groups is 1. The predicted octanol–water partition coefficient (Wildman–Crippen LogP) is 5.74. The zero-order valence-corrected chi connectivity index (χ0v) is 13.1. The van der Waals surface area contributed by atoms with Crippen LogP contribution in [-0.2, 0) is 0 Å². The van der Waals surface area contributed by atoms with Crippen LogP contribution in [0.2, 0.25) is 0 Å². The standard InChI is InChI=1S/C19H20OS/c1-2-3-6-15-18(21-17-13-9-5-10-14-17)19(20)16-11-7-4-8-12-16/h4-5,7-15H,2-3,6H2,1H3/b18-15-. The monoisotopic (exact) mass is 296 g/mol. The van der Waals surface area contributed by atoms with Crippen molar-refractivity contribution in [2.24, 2.45) is 0 Å². The number of hydrogen-bond acceptors (Lipinski definition) is 2. The molecule has 0 unspecified atom stereocenters. The molecule has 0 bridgehead atoms. The summed E-state index contributed by atoms with van der Waals surface area (Å²) >= 11 is 1.55. The topological polar surface area (TPSA) is 17.1 Å². The fraction of sp³-hybridized carbons (Fsp3) is 0.211. The van der Waals surface area contributed by atoms with Crippen LogP contribution in [0.15, 0.2) is 76.5 Å². The molecule has 0 aliphatic carbocycles. The number of rotatable bonds is 7. The lowest BCUT2D eigenvalue weighted by atomic mass is 10.1. The first-order chi connectivity index (χ1) is 10.3. The number of benzene rings is 2. The second kappa shape index (κ2) is 8.48. The molecule has 108 valence electrons. The lowest BCUT2D eigenvalue weighted by Crippen LogP contribution is -2.00. The van der Waals surface area contributed by atoms with Crippen LogP contribution < -0.4 is 0 Å². The van der Waals surface area contributed by atoms with E-state index in [-0.39, 0.29) is 5.78 Å². The summed E-state index contributed by atoms with van der Waals surface area (Å²) in [6, 6.07) is 19.6. The highest BCUT2D eigenvalue weighted by atomic mass is 32.2. The molecule has 2 rings (SSSR count). The Morgan fingerprint density at radius 2 is 1.62 bits per heavy atom. The van der Waals surface area contributed by atoms with Crippen LogP contribution in [0.3, 0.4) is 0 Å². The first-order valence-corrected chi connectivity index (χ1v) is 8.15. The molecule has 0 radical (unpaired) electrons. The number of hydrogen-bond donors (Lipinski definition) is 0. The average Bonchev–Trinajstić information content (AvgIpc) is 2.55. The Balaban J connectivity index is 2.20. The summed E-state index contributed by atoms with van der Waals surface area (Å²) in [5.74, 6) is 0.112. The van der Waals surface area contributed by atoms with Crippen molar-refractivity contribution < 1.29 is 4.79 Å². The van der Waals surface area contributed by atoms with Crippen molar-refractivity contribution in [2.75, 3.05) is 0 Å². The molecule has 0 saturated heterocycles. The largest absolute Gasteiger partial charge is 0.288 e. The highest BCUT2D eigenvalue weighted by molar-refractivity contribution is 8.04. The zero-order valence-electron chi connectivity index (χ0n) is 12.3. The maximum absolute atomic E-state index is 12.7. The van der Waals surface area contributed by atoms with E-state index in [1.165, 1.54) is 0 Å². The van der Waals surface area contributed by atoms with Gasteiger partial charge in [-0.1, -0.05) is 86.1 Å². The van der Waals surface area contributed by atoms with Crippen molar-refractivity contribution in [1.29, 1.82) is 0 Å². The van der Waals surface area contributed by atoms with Crippen molar-refractivity contribution in [2.45, 2.75) is 31.1 Å². The molecule has 0 fully saturated rings. The van der Waals surface area contributed by atoms with Crippen molar-refractivity contribution >= 4 is 17.5 Å². The van der Waals surface area contributed by atoms with E-state index in [1.54, 1.807) is 11.8 Å². The maximum Gasteiger partial charge on any atom is 0.199 e. The van der Waals surface area contributed by atoms with Gasteiger partial charge in [0.25, 0.3) is 0 Å². The van der Waals surface area contributed by atoms with Gasteiger partial charge in [-0.2, -0.15) is 0 Å². The third-order valence-corrected chi connectivity index (χ3v) is 4.20. The second-order valence-electron chi connectivity index (χ2n) is 4.82. The van der Waals surface area contributed by atoms with E-state index < -0.39 is 0 Å². The molecule has 2 aromatic carbocycles. The summed E-state index contributed by atoms with van der Waals surface area (Å²) < 4.78 is 0. The SMILES string of the molecule is CCCC/C=C(\Sc1ccccc1)C(=O)c1ccccc1. The Kier molecular flexibility index (Phi) is 6.29. The first kappa shape index (κ1) is 15.6. The van der Waals surface area contributed by atoms with Crippen LogP contribution in [0, 0.1) is 0 Å². The summed E-state index contributed by atoms with van der Waals surface area (Å²) in [5.41, 5.74) is 0.753. The van der Waals surface area contributed by atoms with Gasteiger partial charge in [-0.3, -0.25) is 4.79 Å². The van der Waals surface area contributed by atoms with Gasteiger partial charge in [0.15, 0.2) is 5.78 Å². The van der Waals surface area contributed by atoms with Crippen molar-refractivity contribution in [1.82, 2.24) is 0 Å². The molecule has 2 heteroatoms. The molecule has 1 nitrogen and oxygen atoms in total. The Morgan fingerprint density at radius 3 is 2.24 bits per heavy atom. The highest BCUT2D eigenvalue weighted by Gasteiger charge is 2.13. The molecule has 0 heterocycles. The van der Waals surface area contributed by atoms with Crippen LogP contribution >= 0.6 is 11.8 Å². The van der Waals surface area contributed by atoms with E-state index in [0.717, 1.165) is 34.6 Å². The van der Waals surface area contributed by atoms with Gasteiger partial charge >= 0.3 is 0 Å². The summed E-state index contributed by atoms with van der Waals surface area (Å²) in [5, 5.41) is 0. The van der Waals surface area contributed by atoms with Crippen LogP contribution in [0.4, 0.5) is 0 Å². The lowest BCUT2D eigenvalue weighted by Gasteiger charge is -2.07. The zero-order chi connectivity index (χ0) is 14.9. The highest BCUT2D eigenvalue weighted by Crippen LogP contribution is 2.29. The Labute approximate surface area is 131 Å². The minimum atomic E-state index is 0.112. The molecule has 2 aromatic rings. The van der Waals surface area contributed by atoms with Gasteiger partial charge in [0.05, 0.1) is 4.91 Å². The number of ketones is 1. The molecule has 0 saturated carbocycles. The van der Waals surface area contributed by atoms with Gasteiger partial charge in [-0.15, -0.1) is 0 Å². The molecule has 0 atom stereocenters. The maximum atomic E-state index is 12.7. The van der Waals surface area contributed by atoms with E-state index in [2.05, 4.69) is 13.0 Å². The molecule has 0 aliphatic rings. The Morgan fingerprint density at radius 1 is 1.00 bits per heavy atom. The third-order valence-electron chi connectivity index (χ3n) is 3.12. The third kappa shape index (κ3) is 4.91. The van der Waals surface area contributed by atoms with Crippen LogP contribution in [0.1, 0.15) is 36.5 Å². The van der Waals surface area contributed by atoms with Crippen LogP contribution in [-0.4, -0.2) is 5.78 Å². The summed E-state index contributed by atoms with van der Waals surface area (Å²) in [4.78, 5) is 14.6. The number of Topliss-reactive ketones (excluding diaryl/α,β-unsaturated/α-hetero) is 1. The molecule has 0 N–H and O–H groups in total. The Bertz CT molecular complexity index is 587. The number of carbonyl (C=O) groups is 1. The second-order valence-corrected chi connectivity index (χ2v) is 5.94. The van der Waals surface area contributed by atoms with E-state index >= 15 is 0 Å². The van der Waals surface area contributed by atoms with Gasteiger partial charge in [0, 0.05) is 10.5 Å². The normalized spacial score (nSPS) is 11.4. The number of carbonyl (C=O) groups excluding carboxylic acids is 1. The number of allylic oxidation sites excluding steroid dienone is 2. The van der Waals surface area contributed by atoms with Gasteiger partial charge < -0.3 is 0 Å². The van der Waals surface area contributed by atoms with Crippen LogP contribution in [0.5, 0.6) is 0 Å². The average molecular weight is 296 g/mol. The fourth-order valence-corrected chi connectivity index (χ4v) is 2.92. The molecule has 0 spiro atoms. The Hall–Kier alpha value is -1.80. The van der Waals surface area contributed by atoms with E-state index in [4.69, 9.17) is 0 Å². The van der Waals surface area contributed by atoms with Gasteiger partial charge in [-0.25, -0.2) is 0 Å². The predicted molar refractivity (Wildman–Crippen MR) is 90.7 cm³/mol. The van der Waals surface area contributed by atoms with Gasteiger partial charge in [-0.05, 0) is 18.6 Å². The smallest absolute Gasteiger partial charge is 0.199 e. The summed E-state index contributed by atoms with van der Waals surface area (Å²) in [6.45, 7) is 2.16. The lowest BCUT2D eigenvalue weighted by molar-refractivity contribution is 0.104. The van der Waals surface area contributed by atoms with Crippen LogP contribution in [0.25, 0.3) is 0 Å². The minimum absolute atomic E-state index is 0.112. The first-order valence-electron chi connectivity index (χ1n) is 7.34. The van der Waals surface area contributed by atoms with Gasteiger partial charge in [0.1, 0.15) is 0 Å². The van der Waals surface area contributed by atoms with E-state index in [0.29, 0.717) is 0 Å². The fourth-order valence-electron chi connectivity index (χ4n) is 1.97. The van der Waals surface area contributed by atoms with E-state index in [1.807, 2.05) is 60.7 Å². The molecule has 21 heavy (non-hydrogen) atoms. The summed E-state index contributed by atoms with van der Waals surface area (Å²) in [6.07, 6.45) is 5.28. The minimum Gasteiger partial charge on any atom is -0.288 e. The molecular formula is C19H20OS. The van der Waals surface area contributed by atoms with Crippen molar-refractivity contribution in [3.05, 3.63) is 77.2 Å². The summed E-state index contributed by atoms with van der Waals surface area (Å²) in [7, 11) is 0. The molecule has 0 aromatic heterocycles. The molecular weight excluding hydrogens is 276 g/mol. The quantitative estimate of drug-likeness (QED) is 0.281. The molecule has 0 amide bonds.